The number of amides is 1. The van der Waals surface area contributed by atoms with Gasteiger partial charge in [0.25, 0.3) is 0 Å². The van der Waals surface area contributed by atoms with Crippen LogP contribution in [0.15, 0.2) is 12.4 Å². The summed E-state index contributed by atoms with van der Waals surface area (Å²) in [5.41, 5.74) is 0. The monoisotopic (exact) mass is 365 g/mol. The van der Waals surface area contributed by atoms with Crippen molar-refractivity contribution in [3.05, 3.63) is 12.4 Å². The Morgan fingerprint density at radius 1 is 1.31 bits per heavy atom. The summed E-state index contributed by atoms with van der Waals surface area (Å²) in [6.07, 6.45) is 9.23. The normalized spacial score (nSPS) is 27.3. The van der Waals surface area contributed by atoms with Crippen molar-refractivity contribution in [3.8, 4) is 0 Å². The highest BCUT2D eigenvalue weighted by Crippen LogP contribution is 2.27. The number of nitrogens with one attached hydrogen (secondary N) is 2. The second-order valence-corrected chi connectivity index (χ2v) is 7.25. The lowest BCUT2D eigenvalue weighted by Gasteiger charge is -2.38. The highest BCUT2D eigenvalue weighted by atomic mass is 16.5. The Morgan fingerprint density at radius 2 is 2.15 bits per heavy atom. The fraction of sp³-hybridized carbons (Fsp3) is 0.833. The van der Waals surface area contributed by atoms with Gasteiger partial charge in [-0.3, -0.25) is 9.48 Å². The Labute approximate surface area is 155 Å². The Bertz CT molecular complexity index is 533. The Morgan fingerprint density at radius 3 is 2.88 bits per heavy atom. The average Bonchev–Trinajstić information content (AvgIpc) is 3.19. The van der Waals surface area contributed by atoms with Crippen molar-refractivity contribution >= 4 is 5.91 Å². The van der Waals surface area contributed by atoms with Crippen molar-refractivity contribution in [3.63, 3.8) is 0 Å². The van der Waals surface area contributed by atoms with Crippen LogP contribution in [0.3, 0.4) is 0 Å². The van der Waals surface area contributed by atoms with Gasteiger partial charge >= 0.3 is 0 Å². The molecular weight excluding hydrogens is 334 g/mol. The van der Waals surface area contributed by atoms with Gasteiger partial charge in [0, 0.05) is 57.6 Å². The highest BCUT2D eigenvalue weighted by molar-refractivity contribution is 5.78. The Balaban J connectivity index is 1.38. The number of hydrogen-bond acceptors (Lipinski definition) is 6. The zero-order valence-corrected chi connectivity index (χ0v) is 15.6. The first-order valence-corrected chi connectivity index (χ1v) is 9.74. The lowest BCUT2D eigenvalue weighted by atomic mass is 9.82. The third-order valence-corrected chi connectivity index (χ3v) is 5.47. The van der Waals surface area contributed by atoms with Crippen molar-refractivity contribution in [2.75, 3.05) is 26.9 Å². The van der Waals surface area contributed by atoms with Gasteiger partial charge in [-0.1, -0.05) is 5.21 Å². The second kappa shape index (κ2) is 9.99. The summed E-state index contributed by atoms with van der Waals surface area (Å²) in [4.78, 5) is 12.5. The van der Waals surface area contributed by atoms with Crippen LogP contribution in [0.1, 0.15) is 38.5 Å². The van der Waals surface area contributed by atoms with Crippen molar-refractivity contribution in [2.45, 2.75) is 63.3 Å². The van der Waals surface area contributed by atoms with E-state index in [1.54, 1.807) is 18.0 Å². The second-order valence-electron chi connectivity index (χ2n) is 7.25. The molecule has 0 radical (unpaired) electrons. The predicted molar refractivity (Wildman–Crippen MR) is 96.6 cm³/mol. The van der Waals surface area contributed by atoms with Crippen LogP contribution in [0.4, 0.5) is 0 Å². The van der Waals surface area contributed by atoms with Gasteiger partial charge in [0.15, 0.2) is 0 Å². The summed E-state index contributed by atoms with van der Waals surface area (Å²) in [5, 5.41) is 14.5. The lowest BCUT2D eigenvalue weighted by molar-refractivity contribution is -0.128. The van der Waals surface area contributed by atoms with E-state index in [-0.39, 0.29) is 17.9 Å². The van der Waals surface area contributed by atoms with Gasteiger partial charge in [0.2, 0.25) is 5.91 Å². The highest BCUT2D eigenvalue weighted by Gasteiger charge is 2.35. The van der Waals surface area contributed by atoms with E-state index in [2.05, 4.69) is 20.9 Å². The van der Waals surface area contributed by atoms with Crippen molar-refractivity contribution in [1.29, 1.82) is 0 Å². The molecule has 0 spiro atoms. The number of carbonyl (C=O) groups is 1. The van der Waals surface area contributed by atoms with Crippen molar-refractivity contribution < 1.29 is 14.3 Å². The standard InChI is InChI=1S/C18H31N5O3/c1-25-17-13-14(3-4-16(17)21-15-5-11-26-12-6-15)18(24)19-7-2-9-23-10-8-20-22-23/h8,10,14-17,21H,2-7,9,11-13H2,1H3,(H,19,24)/t14-,16+,17+/m0/s1. The van der Waals surface area contributed by atoms with Crippen molar-refractivity contribution in [1.82, 2.24) is 25.6 Å². The molecule has 2 N–H and O–H groups in total. The summed E-state index contributed by atoms with van der Waals surface area (Å²) >= 11 is 0. The van der Waals surface area contributed by atoms with Crippen molar-refractivity contribution in [2.24, 2.45) is 5.92 Å². The van der Waals surface area contributed by atoms with Gasteiger partial charge in [-0.2, -0.15) is 0 Å². The molecule has 0 unspecified atom stereocenters. The number of aryl methyl sites for hydroxylation is 1. The summed E-state index contributed by atoms with van der Waals surface area (Å²) in [5.74, 6) is 0.189. The first kappa shape index (κ1) is 19.3. The molecule has 0 aromatic carbocycles. The lowest BCUT2D eigenvalue weighted by Crippen LogP contribution is -2.52. The molecular formula is C18H31N5O3. The van der Waals surface area contributed by atoms with Gasteiger partial charge in [-0.15, -0.1) is 5.10 Å². The molecule has 0 bridgehead atoms. The zero-order chi connectivity index (χ0) is 18.2. The summed E-state index contributed by atoms with van der Waals surface area (Å²) in [6, 6.07) is 0.841. The Hall–Kier alpha value is -1.51. The van der Waals surface area contributed by atoms with E-state index in [9.17, 15) is 4.79 Å². The summed E-state index contributed by atoms with van der Waals surface area (Å²) < 4.78 is 12.9. The third kappa shape index (κ3) is 5.49. The molecule has 2 heterocycles. The number of carbonyl (C=O) groups excluding carboxylic acids is 1. The number of hydrogen-bond donors (Lipinski definition) is 2. The maximum absolute atomic E-state index is 12.5. The molecule has 26 heavy (non-hydrogen) atoms. The minimum Gasteiger partial charge on any atom is -0.381 e. The van der Waals surface area contributed by atoms with E-state index in [0.29, 0.717) is 18.6 Å². The smallest absolute Gasteiger partial charge is 0.223 e. The van der Waals surface area contributed by atoms with Gasteiger partial charge in [-0.25, -0.2) is 0 Å². The number of nitrogens with zero attached hydrogens (tertiary/aromatic N) is 3. The van der Waals surface area contributed by atoms with E-state index in [4.69, 9.17) is 9.47 Å². The molecule has 1 saturated carbocycles. The van der Waals surface area contributed by atoms with Gasteiger partial charge in [0.1, 0.15) is 0 Å². The van der Waals surface area contributed by atoms with Crippen LogP contribution in [0.25, 0.3) is 0 Å². The summed E-state index contributed by atoms with van der Waals surface area (Å²) in [7, 11) is 1.75. The largest absolute Gasteiger partial charge is 0.381 e. The van der Waals surface area contributed by atoms with Gasteiger partial charge in [-0.05, 0) is 38.5 Å². The summed E-state index contributed by atoms with van der Waals surface area (Å²) in [6.45, 7) is 3.10. The minimum absolute atomic E-state index is 0.0408. The molecule has 2 fully saturated rings. The fourth-order valence-corrected chi connectivity index (χ4v) is 3.93. The maximum Gasteiger partial charge on any atom is 0.223 e. The molecule has 1 saturated heterocycles. The molecule has 8 nitrogen and oxygen atoms in total. The molecule has 1 amide bonds. The van der Waals surface area contributed by atoms with Crippen LogP contribution in [-0.4, -0.2) is 66.0 Å². The third-order valence-electron chi connectivity index (χ3n) is 5.47. The van der Waals surface area contributed by atoms with Crippen LogP contribution in [0.5, 0.6) is 0 Å². The first-order valence-electron chi connectivity index (χ1n) is 9.74. The molecule has 1 aromatic heterocycles. The predicted octanol–water partition coefficient (Wildman–Crippen LogP) is 0.737. The van der Waals surface area contributed by atoms with Gasteiger partial charge < -0.3 is 20.1 Å². The molecule has 8 heteroatoms. The van der Waals surface area contributed by atoms with E-state index >= 15 is 0 Å². The SMILES string of the molecule is CO[C@@H]1C[C@@H](C(=O)NCCCn2ccnn2)CC[C@H]1NC1CCOCC1. The number of ether oxygens (including phenoxy) is 2. The topological polar surface area (TPSA) is 90.3 Å². The van der Waals surface area contributed by atoms with E-state index in [1.165, 1.54) is 0 Å². The number of rotatable bonds is 8. The molecule has 1 aliphatic carbocycles. The quantitative estimate of drug-likeness (QED) is 0.661. The first-order chi connectivity index (χ1) is 12.8. The fourth-order valence-electron chi connectivity index (χ4n) is 3.93. The van der Waals surface area contributed by atoms with Crippen LogP contribution >= 0.6 is 0 Å². The van der Waals surface area contributed by atoms with Crippen LogP contribution in [-0.2, 0) is 20.8 Å². The molecule has 1 aromatic rings. The van der Waals surface area contributed by atoms with Gasteiger partial charge in [0.05, 0.1) is 12.3 Å². The van der Waals surface area contributed by atoms with E-state index < -0.39 is 0 Å². The van der Waals surface area contributed by atoms with Crippen LogP contribution in [0.2, 0.25) is 0 Å². The van der Waals surface area contributed by atoms with E-state index in [0.717, 1.165) is 58.3 Å². The average molecular weight is 365 g/mol. The number of aromatic nitrogens is 3. The number of methoxy groups -OCH3 is 1. The van der Waals surface area contributed by atoms with Crippen LogP contribution < -0.4 is 10.6 Å². The Kier molecular flexibility index (Phi) is 7.40. The van der Waals surface area contributed by atoms with Crippen LogP contribution in [0, 0.1) is 5.92 Å². The zero-order valence-electron chi connectivity index (χ0n) is 15.6. The molecule has 1 aliphatic heterocycles. The van der Waals surface area contributed by atoms with E-state index in [1.807, 2.05) is 6.20 Å². The maximum atomic E-state index is 12.5. The molecule has 3 atom stereocenters. The minimum atomic E-state index is 0.0408. The molecule has 3 rings (SSSR count). The molecule has 2 aliphatic rings. The molecule has 146 valence electrons.